The lowest BCUT2D eigenvalue weighted by Crippen LogP contribution is -2.26. The molecule has 0 radical (unpaired) electrons. The number of rotatable bonds is 6. The van der Waals surface area contributed by atoms with Gasteiger partial charge in [0.25, 0.3) is 42.5 Å². The fourth-order valence-corrected chi connectivity index (χ4v) is 6.50. The Bertz CT molecular complexity index is 2090. The third-order valence-corrected chi connectivity index (χ3v) is 9.38. The van der Waals surface area contributed by atoms with Gasteiger partial charge in [-0.25, -0.2) is 9.13 Å². The maximum atomic E-state index is 13.4. The van der Waals surface area contributed by atoms with Crippen LogP contribution in [0.1, 0.15) is 11.1 Å². The summed E-state index contributed by atoms with van der Waals surface area (Å²) in [6.07, 6.45) is 0. The highest BCUT2D eigenvalue weighted by molar-refractivity contribution is 9.08. The van der Waals surface area contributed by atoms with E-state index < -0.39 is 63.6 Å². The van der Waals surface area contributed by atoms with Crippen molar-refractivity contribution in [3.8, 4) is 11.4 Å². The molecule has 0 aliphatic carbocycles. The van der Waals surface area contributed by atoms with E-state index in [9.17, 15) is 45.1 Å². The number of nitrogens with zero attached hydrogens (tertiary/aromatic N) is 2. The molecule has 2 N–H and O–H groups in total. The van der Waals surface area contributed by atoms with Gasteiger partial charge in [-0.05, 0) is 47.5 Å². The van der Waals surface area contributed by atoms with E-state index in [2.05, 4.69) is 31.9 Å². The molecule has 0 spiro atoms. The average molecular weight is 714 g/mol. The molecule has 0 unspecified atom stereocenters. The Labute approximate surface area is 240 Å². The molecule has 0 aliphatic heterocycles. The molecule has 5 aromatic rings. The Morgan fingerprint density at radius 2 is 0.850 bits per heavy atom. The Balaban J connectivity index is 1.88. The molecular weight excluding hydrogens is 700 g/mol. The summed E-state index contributed by atoms with van der Waals surface area (Å²) in [6, 6.07) is 9.23. The molecule has 2 heterocycles. The summed E-state index contributed by atoms with van der Waals surface area (Å²) in [5, 5.41) is -0.820. The first-order valence-corrected chi connectivity index (χ1v) is 16.1. The van der Waals surface area contributed by atoms with Crippen LogP contribution in [0.2, 0.25) is 0 Å². The molecule has 3 aromatic carbocycles. The lowest BCUT2D eigenvalue weighted by Gasteiger charge is -2.08. The van der Waals surface area contributed by atoms with Crippen LogP contribution in [0.4, 0.5) is 0 Å². The molecule has 0 aliphatic rings. The molecule has 12 nitrogen and oxygen atoms in total. The smallest absolute Gasteiger partial charge is 0.282 e. The molecular formula is C24H14Br2N2O10S2. The average Bonchev–Trinajstić information content (AvgIpc) is 3.29. The van der Waals surface area contributed by atoms with E-state index in [1.807, 2.05) is 0 Å². The second-order valence-corrected chi connectivity index (χ2v) is 12.6. The Kier molecular flexibility index (Phi) is 6.83. The van der Waals surface area contributed by atoms with E-state index in [1.165, 1.54) is 24.3 Å². The normalized spacial score (nSPS) is 12.5. The van der Waals surface area contributed by atoms with Crippen LogP contribution in [0.3, 0.4) is 0 Å². The molecule has 16 heteroatoms. The van der Waals surface area contributed by atoms with Gasteiger partial charge in [0.15, 0.2) is 0 Å². The van der Waals surface area contributed by atoms with Gasteiger partial charge in [-0.2, -0.15) is 16.8 Å². The van der Waals surface area contributed by atoms with Gasteiger partial charge in [0, 0.05) is 10.7 Å². The van der Waals surface area contributed by atoms with Crippen LogP contribution < -0.4 is 22.2 Å². The van der Waals surface area contributed by atoms with E-state index in [4.69, 9.17) is 0 Å². The summed E-state index contributed by atoms with van der Waals surface area (Å²) in [5.41, 5.74) is -3.96. The zero-order chi connectivity index (χ0) is 29.3. The quantitative estimate of drug-likeness (QED) is 0.195. The van der Waals surface area contributed by atoms with Gasteiger partial charge in [0.05, 0.1) is 32.9 Å². The number of halogens is 2. The van der Waals surface area contributed by atoms with E-state index in [0.29, 0.717) is 20.3 Å². The Morgan fingerprint density at radius 1 is 0.550 bits per heavy atom. The molecule has 0 amide bonds. The van der Waals surface area contributed by atoms with Crippen LogP contribution in [0, 0.1) is 0 Å². The summed E-state index contributed by atoms with van der Waals surface area (Å²) in [7, 11) is -9.73. The SMILES string of the molecule is O=c1c2cc3c(=O)n(-c4cc(CBr)ccc4S(=O)(=O)O)c(=O)c3cc2c(=O)n1-c1cc(CBr)ccc1S(=O)(=O)O. The predicted molar refractivity (Wildman–Crippen MR) is 152 cm³/mol. The van der Waals surface area contributed by atoms with E-state index >= 15 is 0 Å². The number of alkyl halides is 2. The lowest BCUT2D eigenvalue weighted by atomic mass is 10.1. The van der Waals surface area contributed by atoms with Gasteiger partial charge in [-0.3, -0.25) is 28.3 Å². The maximum Gasteiger partial charge on any atom is 0.296 e. The van der Waals surface area contributed by atoms with Gasteiger partial charge < -0.3 is 0 Å². The van der Waals surface area contributed by atoms with Gasteiger partial charge in [0.1, 0.15) is 9.79 Å². The predicted octanol–water partition coefficient (Wildman–Crippen LogP) is 2.17. The second kappa shape index (κ2) is 9.67. The maximum absolute atomic E-state index is 13.4. The fraction of sp³-hybridized carbons (Fsp3) is 0.0833. The number of hydrogen-bond acceptors (Lipinski definition) is 8. The second-order valence-electron chi connectivity index (χ2n) is 8.66. The molecule has 2 aromatic heterocycles. The van der Waals surface area contributed by atoms with E-state index in [1.54, 1.807) is 0 Å². The molecule has 0 saturated carbocycles. The largest absolute Gasteiger partial charge is 0.296 e. The minimum Gasteiger partial charge on any atom is -0.282 e. The summed E-state index contributed by atoms with van der Waals surface area (Å²) in [6.45, 7) is 0. The van der Waals surface area contributed by atoms with Crippen molar-refractivity contribution in [2.75, 3.05) is 0 Å². The van der Waals surface area contributed by atoms with Crippen molar-refractivity contribution in [2.45, 2.75) is 20.5 Å². The van der Waals surface area contributed by atoms with Gasteiger partial charge in [-0.15, -0.1) is 0 Å². The monoisotopic (exact) mass is 712 g/mol. The van der Waals surface area contributed by atoms with Gasteiger partial charge in [-0.1, -0.05) is 44.0 Å². The topological polar surface area (TPSA) is 187 Å². The summed E-state index contributed by atoms with van der Waals surface area (Å²) in [5.74, 6) is 0. The Morgan fingerprint density at radius 3 is 1.10 bits per heavy atom. The minimum absolute atomic E-state index is 0.226. The van der Waals surface area contributed by atoms with Crippen LogP contribution in [0.15, 0.2) is 77.5 Å². The zero-order valence-corrected chi connectivity index (χ0v) is 24.5. The summed E-state index contributed by atoms with van der Waals surface area (Å²) in [4.78, 5) is 52.1. The van der Waals surface area contributed by atoms with Crippen LogP contribution >= 0.6 is 31.9 Å². The highest BCUT2D eigenvalue weighted by Gasteiger charge is 2.26. The highest BCUT2D eigenvalue weighted by Crippen LogP contribution is 2.25. The standard InChI is InChI=1S/C24H14Br2N2O10S2/c25-9-11-1-3-19(39(33,34)35)17(5-11)27-21(29)13-7-15-16(8-14(13)22(27)30)24(32)28(23(15)31)18-6-12(10-26)2-4-20(18)40(36,37)38/h1-8H,9-10H2,(H,33,34,35)(H,36,37,38). The van der Waals surface area contributed by atoms with Crippen LogP contribution in [0.5, 0.6) is 0 Å². The van der Waals surface area contributed by atoms with Gasteiger partial charge >= 0.3 is 0 Å². The highest BCUT2D eigenvalue weighted by atomic mass is 79.9. The van der Waals surface area contributed by atoms with E-state index in [-0.39, 0.29) is 32.2 Å². The van der Waals surface area contributed by atoms with Crippen LogP contribution in [0.25, 0.3) is 32.9 Å². The molecule has 0 saturated heterocycles. The molecule has 5 rings (SSSR count). The van der Waals surface area contributed by atoms with Crippen LogP contribution in [-0.4, -0.2) is 35.1 Å². The fourth-order valence-electron chi connectivity index (χ4n) is 4.49. The molecule has 0 atom stereocenters. The van der Waals surface area contributed by atoms with Crippen molar-refractivity contribution in [1.82, 2.24) is 9.13 Å². The van der Waals surface area contributed by atoms with Crippen molar-refractivity contribution in [3.63, 3.8) is 0 Å². The first-order chi connectivity index (χ1) is 18.7. The van der Waals surface area contributed by atoms with Crippen molar-refractivity contribution >= 4 is 73.6 Å². The minimum atomic E-state index is -4.87. The summed E-state index contributed by atoms with van der Waals surface area (Å²) >= 11 is 6.40. The van der Waals surface area contributed by atoms with Crippen molar-refractivity contribution < 1.29 is 25.9 Å². The number of fused-ring (bicyclic) bond motifs is 2. The lowest BCUT2D eigenvalue weighted by molar-refractivity contribution is 0.480. The molecule has 0 bridgehead atoms. The number of hydrogen-bond donors (Lipinski definition) is 2. The third kappa shape index (κ3) is 4.40. The Hall–Kier alpha value is -3.28. The van der Waals surface area contributed by atoms with Crippen molar-refractivity contribution in [2.24, 2.45) is 0 Å². The van der Waals surface area contributed by atoms with Crippen LogP contribution in [-0.2, 0) is 30.9 Å². The van der Waals surface area contributed by atoms with E-state index in [0.717, 1.165) is 24.3 Å². The first-order valence-electron chi connectivity index (χ1n) is 11.0. The van der Waals surface area contributed by atoms with Crippen molar-refractivity contribution in [3.05, 3.63) is 101 Å². The van der Waals surface area contributed by atoms with Gasteiger partial charge in [0.2, 0.25) is 0 Å². The molecule has 40 heavy (non-hydrogen) atoms. The molecule has 0 fully saturated rings. The zero-order valence-electron chi connectivity index (χ0n) is 19.7. The number of aromatic nitrogens is 2. The summed E-state index contributed by atoms with van der Waals surface area (Å²) < 4.78 is 68.4. The first kappa shape index (κ1) is 28.3. The van der Waals surface area contributed by atoms with Crippen molar-refractivity contribution in [1.29, 1.82) is 0 Å². The third-order valence-electron chi connectivity index (χ3n) is 6.28. The molecule has 206 valence electrons. The number of benzene rings is 3.